The maximum atomic E-state index is 12.0. The SMILES string of the molecule is O=C(NCCOCc1ccc(OC(F)(F)F)cc1)c1ccccc1. The fourth-order valence-corrected chi connectivity index (χ4v) is 1.91. The van der Waals surface area contributed by atoms with E-state index in [4.69, 9.17) is 4.74 Å². The third-order valence-corrected chi connectivity index (χ3v) is 2.99. The first kappa shape index (κ1) is 17.8. The van der Waals surface area contributed by atoms with Crippen molar-refractivity contribution in [3.8, 4) is 5.75 Å². The summed E-state index contributed by atoms with van der Waals surface area (Å²) in [5.41, 5.74) is 1.27. The van der Waals surface area contributed by atoms with Crippen LogP contribution in [0.25, 0.3) is 0 Å². The highest BCUT2D eigenvalue weighted by molar-refractivity contribution is 5.94. The van der Waals surface area contributed by atoms with E-state index in [2.05, 4.69) is 10.1 Å². The van der Waals surface area contributed by atoms with Crippen LogP contribution in [0.15, 0.2) is 54.6 Å². The smallest absolute Gasteiger partial charge is 0.406 e. The summed E-state index contributed by atoms with van der Waals surface area (Å²) in [5, 5.41) is 2.71. The van der Waals surface area contributed by atoms with Crippen LogP contribution in [0, 0.1) is 0 Å². The normalized spacial score (nSPS) is 11.1. The van der Waals surface area contributed by atoms with Crippen LogP contribution in [0.5, 0.6) is 5.75 Å². The number of rotatable bonds is 7. The van der Waals surface area contributed by atoms with E-state index in [0.717, 1.165) is 0 Å². The molecule has 0 saturated carbocycles. The number of amides is 1. The molecule has 0 bridgehead atoms. The Morgan fingerprint density at radius 3 is 2.29 bits per heavy atom. The third kappa shape index (κ3) is 6.29. The zero-order valence-corrected chi connectivity index (χ0v) is 12.7. The van der Waals surface area contributed by atoms with Gasteiger partial charge in [0.1, 0.15) is 5.75 Å². The number of carbonyl (C=O) groups is 1. The Morgan fingerprint density at radius 2 is 1.67 bits per heavy atom. The summed E-state index contributed by atoms with van der Waals surface area (Å²) in [7, 11) is 0. The standard InChI is InChI=1S/C17H16F3NO3/c18-17(19,20)24-15-8-6-13(7-9-15)12-23-11-10-21-16(22)14-4-2-1-3-5-14/h1-9H,10-12H2,(H,21,22). The van der Waals surface area contributed by atoms with Gasteiger partial charge in [-0.05, 0) is 29.8 Å². The number of alkyl halides is 3. The quantitative estimate of drug-likeness (QED) is 0.785. The molecule has 0 unspecified atom stereocenters. The molecule has 2 aromatic rings. The van der Waals surface area contributed by atoms with Gasteiger partial charge in [0.2, 0.25) is 0 Å². The van der Waals surface area contributed by atoms with Gasteiger partial charge in [-0.2, -0.15) is 0 Å². The van der Waals surface area contributed by atoms with E-state index in [9.17, 15) is 18.0 Å². The van der Waals surface area contributed by atoms with Crippen molar-refractivity contribution in [3.05, 3.63) is 65.7 Å². The molecule has 0 spiro atoms. The van der Waals surface area contributed by atoms with Gasteiger partial charge < -0.3 is 14.8 Å². The summed E-state index contributed by atoms with van der Waals surface area (Å²) in [6.45, 7) is 0.857. The van der Waals surface area contributed by atoms with Crippen LogP contribution in [0.2, 0.25) is 0 Å². The second-order valence-electron chi connectivity index (χ2n) is 4.87. The molecule has 0 aliphatic rings. The summed E-state index contributed by atoms with van der Waals surface area (Å²) in [4.78, 5) is 11.8. The molecule has 0 aromatic heterocycles. The van der Waals surface area contributed by atoms with Crippen molar-refractivity contribution in [2.75, 3.05) is 13.2 Å². The fraction of sp³-hybridized carbons (Fsp3) is 0.235. The lowest BCUT2D eigenvalue weighted by atomic mass is 10.2. The molecule has 0 aliphatic heterocycles. The number of hydrogen-bond acceptors (Lipinski definition) is 3. The van der Waals surface area contributed by atoms with E-state index in [0.29, 0.717) is 24.3 Å². The zero-order chi connectivity index (χ0) is 17.4. The zero-order valence-electron chi connectivity index (χ0n) is 12.7. The summed E-state index contributed by atoms with van der Waals surface area (Å²) >= 11 is 0. The Morgan fingerprint density at radius 1 is 1.00 bits per heavy atom. The molecule has 1 amide bonds. The molecular weight excluding hydrogens is 323 g/mol. The number of benzene rings is 2. The fourth-order valence-electron chi connectivity index (χ4n) is 1.91. The van der Waals surface area contributed by atoms with Gasteiger partial charge in [-0.15, -0.1) is 13.2 Å². The summed E-state index contributed by atoms with van der Waals surface area (Å²) in [5.74, 6) is -0.464. The number of carbonyl (C=O) groups excluding carboxylic acids is 1. The molecule has 0 heterocycles. The highest BCUT2D eigenvalue weighted by Gasteiger charge is 2.30. The Labute approximate surface area is 137 Å². The van der Waals surface area contributed by atoms with E-state index in [1.807, 2.05) is 6.07 Å². The predicted octanol–water partition coefficient (Wildman–Crippen LogP) is 3.53. The van der Waals surface area contributed by atoms with Crippen molar-refractivity contribution in [1.29, 1.82) is 0 Å². The Balaban J connectivity index is 1.66. The molecule has 0 saturated heterocycles. The molecule has 0 radical (unpaired) electrons. The first-order valence-corrected chi connectivity index (χ1v) is 7.20. The molecule has 0 atom stereocenters. The monoisotopic (exact) mass is 339 g/mol. The van der Waals surface area contributed by atoms with Crippen molar-refractivity contribution in [1.82, 2.24) is 5.32 Å². The first-order chi connectivity index (χ1) is 11.4. The lowest BCUT2D eigenvalue weighted by molar-refractivity contribution is -0.274. The number of ether oxygens (including phenoxy) is 2. The van der Waals surface area contributed by atoms with Gasteiger partial charge in [-0.3, -0.25) is 4.79 Å². The van der Waals surface area contributed by atoms with Crippen LogP contribution < -0.4 is 10.1 Å². The van der Waals surface area contributed by atoms with Crippen LogP contribution in [-0.2, 0) is 11.3 Å². The highest BCUT2D eigenvalue weighted by Crippen LogP contribution is 2.22. The summed E-state index contributed by atoms with van der Waals surface area (Å²) < 4.78 is 45.3. The molecule has 128 valence electrons. The van der Waals surface area contributed by atoms with Gasteiger partial charge in [-0.25, -0.2) is 0 Å². The second kappa shape index (κ2) is 8.35. The van der Waals surface area contributed by atoms with Crippen LogP contribution in [0.4, 0.5) is 13.2 Å². The van der Waals surface area contributed by atoms with Crippen molar-refractivity contribution in [3.63, 3.8) is 0 Å². The van der Waals surface area contributed by atoms with Crippen LogP contribution in [-0.4, -0.2) is 25.4 Å². The second-order valence-corrected chi connectivity index (χ2v) is 4.87. The molecule has 2 rings (SSSR count). The maximum Gasteiger partial charge on any atom is 0.573 e. The van der Waals surface area contributed by atoms with Gasteiger partial charge in [-0.1, -0.05) is 30.3 Å². The summed E-state index contributed by atoms with van der Waals surface area (Å²) in [6, 6.07) is 14.2. The molecule has 24 heavy (non-hydrogen) atoms. The molecule has 2 aromatic carbocycles. The first-order valence-electron chi connectivity index (χ1n) is 7.20. The van der Waals surface area contributed by atoms with Crippen LogP contribution in [0.1, 0.15) is 15.9 Å². The highest BCUT2D eigenvalue weighted by atomic mass is 19.4. The third-order valence-electron chi connectivity index (χ3n) is 2.99. The van der Waals surface area contributed by atoms with E-state index in [-0.39, 0.29) is 18.3 Å². The Hall–Kier alpha value is -2.54. The Bertz CT molecular complexity index is 642. The van der Waals surface area contributed by atoms with E-state index in [1.165, 1.54) is 24.3 Å². The molecular formula is C17H16F3NO3. The van der Waals surface area contributed by atoms with Crippen molar-refractivity contribution < 1.29 is 27.4 Å². The summed E-state index contributed by atoms with van der Waals surface area (Å²) in [6.07, 6.45) is -4.70. The van der Waals surface area contributed by atoms with Crippen LogP contribution >= 0.6 is 0 Å². The number of hydrogen-bond donors (Lipinski definition) is 1. The van der Waals surface area contributed by atoms with E-state index >= 15 is 0 Å². The lowest BCUT2D eigenvalue weighted by Crippen LogP contribution is -2.27. The van der Waals surface area contributed by atoms with E-state index in [1.54, 1.807) is 24.3 Å². The average Bonchev–Trinajstić information content (AvgIpc) is 2.55. The van der Waals surface area contributed by atoms with Crippen molar-refractivity contribution in [2.45, 2.75) is 13.0 Å². The lowest BCUT2D eigenvalue weighted by Gasteiger charge is -2.10. The predicted molar refractivity (Wildman–Crippen MR) is 81.6 cm³/mol. The topological polar surface area (TPSA) is 47.6 Å². The van der Waals surface area contributed by atoms with Gasteiger partial charge >= 0.3 is 6.36 Å². The molecule has 4 nitrogen and oxygen atoms in total. The molecule has 0 aliphatic carbocycles. The minimum atomic E-state index is -4.70. The van der Waals surface area contributed by atoms with Gasteiger partial charge in [0.25, 0.3) is 5.91 Å². The molecule has 0 fully saturated rings. The number of nitrogens with one attached hydrogen (secondary N) is 1. The van der Waals surface area contributed by atoms with Crippen LogP contribution in [0.3, 0.4) is 0 Å². The van der Waals surface area contributed by atoms with Gasteiger partial charge in [0.15, 0.2) is 0 Å². The van der Waals surface area contributed by atoms with Crippen molar-refractivity contribution in [2.24, 2.45) is 0 Å². The maximum absolute atomic E-state index is 12.0. The molecule has 7 heteroatoms. The van der Waals surface area contributed by atoms with E-state index < -0.39 is 6.36 Å². The number of halogens is 3. The molecule has 1 N–H and O–H groups in total. The average molecular weight is 339 g/mol. The van der Waals surface area contributed by atoms with Crippen molar-refractivity contribution >= 4 is 5.91 Å². The Kier molecular flexibility index (Phi) is 6.20. The largest absolute Gasteiger partial charge is 0.573 e. The van der Waals surface area contributed by atoms with Gasteiger partial charge in [0.05, 0.1) is 13.2 Å². The minimum absolute atomic E-state index is 0.187. The minimum Gasteiger partial charge on any atom is -0.406 e. The van der Waals surface area contributed by atoms with Gasteiger partial charge in [0, 0.05) is 12.1 Å².